The number of hydrogen-bond acceptors (Lipinski definition) is 1. The van der Waals surface area contributed by atoms with Gasteiger partial charge in [0.05, 0.1) is 0 Å². The van der Waals surface area contributed by atoms with E-state index in [1.807, 2.05) is 0 Å². The standard InChI is InChI=1S/C19H30O2/c1-3-4-5-6-7-9-12-15-18(2)16-13-10-8-11-14-17-19(20)21/h4-5,7,9,12,15H,2-3,6,8,10-11,13-14,16-17H2,1H3,(H,20,21)/b5-4-,9-7-,15-12-. The molecule has 2 heteroatoms. The van der Waals surface area contributed by atoms with Crippen LogP contribution in [0.3, 0.4) is 0 Å². The van der Waals surface area contributed by atoms with Gasteiger partial charge in [-0.25, -0.2) is 0 Å². The summed E-state index contributed by atoms with van der Waals surface area (Å²) in [5.74, 6) is -0.688. The molecule has 0 aromatic carbocycles. The lowest BCUT2D eigenvalue weighted by molar-refractivity contribution is -0.137. The van der Waals surface area contributed by atoms with Crippen LogP contribution in [0.15, 0.2) is 48.6 Å². The molecule has 0 saturated heterocycles. The van der Waals surface area contributed by atoms with Crippen molar-refractivity contribution in [2.75, 3.05) is 0 Å². The van der Waals surface area contributed by atoms with Gasteiger partial charge in [0.2, 0.25) is 0 Å². The normalized spacial score (nSPS) is 11.9. The Hall–Kier alpha value is -1.57. The highest BCUT2D eigenvalue weighted by Crippen LogP contribution is 2.11. The van der Waals surface area contributed by atoms with Crippen molar-refractivity contribution in [3.8, 4) is 0 Å². The predicted octanol–water partition coefficient (Wildman–Crippen LogP) is 5.83. The zero-order valence-electron chi connectivity index (χ0n) is 13.4. The highest BCUT2D eigenvalue weighted by Gasteiger charge is 1.96. The van der Waals surface area contributed by atoms with Crippen LogP contribution in [0, 0.1) is 0 Å². The van der Waals surface area contributed by atoms with Gasteiger partial charge in [0.15, 0.2) is 0 Å². The van der Waals surface area contributed by atoms with E-state index >= 15 is 0 Å². The number of rotatable bonds is 13. The Morgan fingerprint density at radius 2 is 1.62 bits per heavy atom. The van der Waals surface area contributed by atoms with Crippen LogP contribution in [0.25, 0.3) is 0 Å². The summed E-state index contributed by atoms with van der Waals surface area (Å²) in [5, 5.41) is 8.52. The first-order valence-electron chi connectivity index (χ1n) is 8.04. The van der Waals surface area contributed by atoms with E-state index in [4.69, 9.17) is 5.11 Å². The molecular weight excluding hydrogens is 260 g/mol. The van der Waals surface area contributed by atoms with Gasteiger partial charge in [0.1, 0.15) is 0 Å². The average Bonchev–Trinajstić information content (AvgIpc) is 2.45. The van der Waals surface area contributed by atoms with E-state index in [1.54, 1.807) is 0 Å². The van der Waals surface area contributed by atoms with E-state index in [0.29, 0.717) is 6.42 Å². The Labute approximate surface area is 130 Å². The largest absolute Gasteiger partial charge is 0.481 e. The molecule has 0 aliphatic rings. The second-order valence-electron chi connectivity index (χ2n) is 5.22. The number of carboxylic acid groups (broad SMARTS) is 1. The zero-order chi connectivity index (χ0) is 15.8. The van der Waals surface area contributed by atoms with E-state index < -0.39 is 5.97 Å². The number of carbonyl (C=O) groups is 1. The molecule has 0 bridgehead atoms. The maximum absolute atomic E-state index is 10.3. The van der Waals surface area contributed by atoms with Crippen molar-refractivity contribution in [1.82, 2.24) is 0 Å². The third-order valence-corrected chi connectivity index (χ3v) is 3.14. The molecule has 0 unspecified atom stereocenters. The Morgan fingerprint density at radius 3 is 2.29 bits per heavy atom. The van der Waals surface area contributed by atoms with Crippen molar-refractivity contribution < 1.29 is 9.90 Å². The van der Waals surface area contributed by atoms with Crippen molar-refractivity contribution in [1.29, 1.82) is 0 Å². The lowest BCUT2D eigenvalue weighted by Gasteiger charge is -2.01. The molecule has 0 amide bonds. The fourth-order valence-electron chi connectivity index (χ4n) is 1.93. The first-order chi connectivity index (χ1) is 10.2. The minimum atomic E-state index is -0.688. The summed E-state index contributed by atoms with van der Waals surface area (Å²) in [6.07, 6.45) is 21.3. The molecule has 0 aromatic rings. The monoisotopic (exact) mass is 290 g/mol. The van der Waals surface area contributed by atoms with Gasteiger partial charge in [0, 0.05) is 6.42 Å². The van der Waals surface area contributed by atoms with Crippen molar-refractivity contribution in [3.05, 3.63) is 48.6 Å². The van der Waals surface area contributed by atoms with Gasteiger partial charge in [0.25, 0.3) is 0 Å². The summed E-state index contributed by atoms with van der Waals surface area (Å²) < 4.78 is 0. The zero-order valence-corrected chi connectivity index (χ0v) is 13.4. The van der Waals surface area contributed by atoms with Crippen LogP contribution >= 0.6 is 0 Å². The number of unbranched alkanes of at least 4 members (excludes halogenated alkanes) is 4. The van der Waals surface area contributed by atoms with Gasteiger partial charge in [-0.3, -0.25) is 4.79 Å². The van der Waals surface area contributed by atoms with E-state index in [1.165, 1.54) is 0 Å². The topological polar surface area (TPSA) is 37.3 Å². The third kappa shape index (κ3) is 16.4. The molecule has 1 N–H and O–H groups in total. The number of allylic oxidation sites excluding steroid dienone is 7. The second-order valence-corrected chi connectivity index (χ2v) is 5.22. The van der Waals surface area contributed by atoms with Crippen molar-refractivity contribution in [2.45, 2.75) is 64.7 Å². The van der Waals surface area contributed by atoms with E-state index in [-0.39, 0.29) is 0 Å². The minimum absolute atomic E-state index is 0.301. The summed E-state index contributed by atoms with van der Waals surface area (Å²) in [6.45, 7) is 6.18. The smallest absolute Gasteiger partial charge is 0.303 e. The quantitative estimate of drug-likeness (QED) is 0.263. The molecular formula is C19H30O2. The molecule has 0 aromatic heterocycles. The molecule has 0 radical (unpaired) electrons. The summed E-state index contributed by atoms with van der Waals surface area (Å²) in [7, 11) is 0. The first kappa shape index (κ1) is 19.4. The molecule has 0 fully saturated rings. The highest BCUT2D eigenvalue weighted by atomic mass is 16.4. The molecule has 0 atom stereocenters. The Balaban J connectivity index is 3.49. The van der Waals surface area contributed by atoms with Crippen LogP contribution in [0.1, 0.15) is 64.7 Å². The predicted molar refractivity (Wildman–Crippen MR) is 91.4 cm³/mol. The van der Waals surface area contributed by atoms with Crippen molar-refractivity contribution >= 4 is 5.97 Å². The third-order valence-electron chi connectivity index (χ3n) is 3.14. The molecule has 0 aliphatic carbocycles. The van der Waals surface area contributed by atoms with Gasteiger partial charge in [-0.2, -0.15) is 0 Å². The molecule has 0 heterocycles. The van der Waals surface area contributed by atoms with Crippen LogP contribution < -0.4 is 0 Å². The Kier molecular flexibility index (Phi) is 13.7. The van der Waals surface area contributed by atoms with Crippen LogP contribution in [-0.2, 0) is 4.79 Å². The maximum Gasteiger partial charge on any atom is 0.303 e. The number of hydrogen-bond donors (Lipinski definition) is 1. The number of carboxylic acids is 1. The van der Waals surface area contributed by atoms with Crippen LogP contribution in [0.4, 0.5) is 0 Å². The molecule has 0 saturated carbocycles. The molecule has 2 nitrogen and oxygen atoms in total. The molecule has 0 rings (SSSR count). The molecule has 0 aliphatic heterocycles. The fraction of sp³-hybridized carbons (Fsp3) is 0.526. The molecule has 21 heavy (non-hydrogen) atoms. The van der Waals surface area contributed by atoms with E-state index in [0.717, 1.165) is 56.9 Å². The van der Waals surface area contributed by atoms with Gasteiger partial charge >= 0.3 is 5.97 Å². The first-order valence-corrected chi connectivity index (χ1v) is 8.04. The minimum Gasteiger partial charge on any atom is -0.481 e. The van der Waals surface area contributed by atoms with E-state index in [2.05, 4.69) is 50.0 Å². The van der Waals surface area contributed by atoms with Gasteiger partial charge < -0.3 is 5.11 Å². The fourth-order valence-corrected chi connectivity index (χ4v) is 1.93. The lowest BCUT2D eigenvalue weighted by atomic mass is 10.1. The van der Waals surface area contributed by atoms with Crippen LogP contribution in [0.5, 0.6) is 0 Å². The Morgan fingerprint density at radius 1 is 0.952 bits per heavy atom. The molecule has 118 valence electrons. The summed E-state index contributed by atoms with van der Waals surface area (Å²) in [6, 6.07) is 0. The van der Waals surface area contributed by atoms with Crippen molar-refractivity contribution in [2.24, 2.45) is 0 Å². The second kappa shape index (κ2) is 14.8. The summed E-state index contributed by atoms with van der Waals surface area (Å²) in [4.78, 5) is 10.3. The van der Waals surface area contributed by atoms with Gasteiger partial charge in [-0.05, 0) is 32.1 Å². The van der Waals surface area contributed by atoms with Gasteiger partial charge in [-0.15, -0.1) is 0 Å². The summed E-state index contributed by atoms with van der Waals surface area (Å²) >= 11 is 0. The van der Waals surface area contributed by atoms with Crippen molar-refractivity contribution in [3.63, 3.8) is 0 Å². The van der Waals surface area contributed by atoms with E-state index in [9.17, 15) is 4.79 Å². The van der Waals surface area contributed by atoms with Crippen LogP contribution in [0.2, 0.25) is 0 Å². The summed E-state index contributed by atoms with van der Waals surface area (Å²) in [5.41, 5.74) is 1.16. The SMILES string of the molecule is C=C(/C=C\C=C/C/C=C\CC)CCCCCCCC(=O)O. The Bertz CT molecular complexity index is 362. The van der Waals surface area contributed by atoms with Crippen LogP contribution in [-0.4, -0.2) is 11.1 Å². The maximum atomic E-state index is 10.3. The highest BCUT2D eigenvalue weighted by molar-refractivity contribution is 5.66. The molecule has 0 spiro atoms. The van der Waals surface area contributed by atoms with Gasteiger partial charge in [-0.1, -0.05) is 74.8 Å². The number of aliphatic carboxylic acids is 1. The lowest BCUT2D eigenvalue weighted by Crippen LogP contribution is -1.93. The average molecular weight is 290 g/mol.